The van der Waals surface area contributed by atoms with Gasteiger partial charge in [-0.05, 0) is 24.3 Å². The van der Waals surface area contributed by atoms with Crippen molar-refractivity contribution < 1.29 is 4.74 Å². The molecular formula is C16H17BrN2OS. The lowest BCUT2D eigenvalue weighted by Gasteiger charge is -2.23. The van der Waals surface area contributed by atoms with Gasteiger partial charge in [0.2, 0.25) is 0 Å². The number of anilines is 1. The molecule has 0 spiro atoms. The highest BCUT2D eigenvalue weighted by Gasteiger charge is 2.12. The molecule has 0 atom stereocenters. The quantitative estimate of drug-likeness (QED) is 0.820. The molecular weight excluding hydrogens is 348 g/mol. The number of thiocarbonyl (C=S) groups is 1. The van der Waals surface area contributed by atoms with E-state index in [4.69, 9.17) is 22.7 Å². The summed E-state index contributed by atoms with van der Waals surface area (Å²) in [5.41, 5.74) is 8.78. The Balaban J connectivity index is 2.34. The van der Waals surface area contributed by atoms with E-state index in [2.05, 4.69) is 20.8 Å². The van der Waals surface area contributed by atoms with Crippen molar-refractivity contribution in [3.05, 3.63) is 58.1 Å². The normalized spacial score (nSPS) is 10.2. The summed E-state index contributed by atoms with van der Waals surface area (Å²) in [7, 11) is 3.69. The highest BCUT2D eigenvalue weighted by atomic mass is 79.9. The van der Waals surface area contributed by atoms with Gasteiger partial charge >= 0.3 is 0 Å². The number of para-hydroxylation sites is 1. The minimum Gasteiger partial charge on any atom is -0.496 e. The molecule has 0 saturated heterocycles. The topological polar surface area (TPSA) is 38.5 Å². The maximum atomic E-state index is 5.82. The Morgan fingerprint density at radius 2 is 2.00 bits per heavy atom. The van der Waals surface area contributed by atoms with Crippen LogP contribution >= 0.6 is 28.1 Å². The van der Waals surface area contributed by atoms with Crippen molar-refractivity contribution in [3.8, 4) is 5.75 Å². The van der Waals surface area contributed by atoms with E-state index in [0.717, 1.165) is 27.0 Å². The maximum absolute atomic E-state index is 5.82. The van der Waals surface area contributed by atoms with Crippen molar-refractivity contribution in [3.63, 3.8) is 0 Å². The zero-order chi connectivity index (χ0) is 15.4. The lowest BCUT2D eigenvalue weighted by atomic mass is 10.1. The van der Waals surface area contributed by atoms with Gasteiger partial charge in [0.15, 0.2) is 0 Å². The first-order valence-corrected chi connectivity index (χ1v) is 7.65. The fourth-order valence-corrected chi connectivity index (χ4v) is 2.72. The van der Waals surface area contributed by atoms with Gasteiger partial charge in [-0.2, -0.15) is 0 Å². The Kier molecular flexibility index (Phi) is 5.20. The summed E-state index contributed by atoms with van der Waals surface area (Å²) in [6, 6.07) is 13.9. The second kappa shape index (κ2) is 6.91. The molecule has 2 rings (SSSR count). The molecule has 110 valence electrons. The van der Waals surface area contributed by atoms with Crippen LogP contribution in [0.1, 0.15) is 11.1 Å². The maximum Gasteiger partial charge on any atom is 0.123 e. The average Bonchev–Trinajstić information content (AvgIpc) is 2.47. The monoisotopic (exact) mass is 364 g/mol. The molecule has 2 N–H and O–H groups in total. The Bertz CT molecular complexity index is 660. The lowest BCUT2D eigenvalue weighted by molar-refractivity contribution is 0.409. The van der Waals surface area contributed by atoms with Gasteiger partial charge in [0.25, 0.3) is 0 Å². The minimum atomic E-state index is 0.393. The molecule has 0 aromatic heterocycles. The smallest absolute Gasteiger partial charge is 0.123 e. The van der Waals surface area contributed by atoms with Gasteiger partial charge in [-0.15, -0.1) is 0 Å². The van der Waals surface area contributed by atoms with Crippen molar-refractivity contribution in [2.24, 2.45) is 5.73 Å². The van der Waals surface area contributed by atoms with Gasteiger partial charge < -0.3 is 15.4 Å². The number of nitrogens with zero attached hydrogens (tertiary/aromatic N) is 1. The van der Waals surface area contributed by atoms with E-state index < -0.39 is 0 Å². The number of methoxy groups -OCH3 is 1. The first-order chi connectivity index (χ1) is 10.0. The molecule has 0 aliphatic carbocycles. The fourth-order valence-electron chi connectivity index (χ4n) is 2.20. The van der Waals surface area contributed by atoms with E-state index in [-0.39, 0.29) is 0 Å². The van der Waals surface area contributed by atoms with Crippen molar-refractivity contribution in [2.75, 3.05) is 19.1 Å². The molecule has 3 nitrogen and oxygen atoms in total. The molecule has 0 bridgehead atoms. The number of ether oxygens (including phenoxy) is 1. The van der Waals surface area contributed by atoms with E-state index >= 15 is 0 Å². The van der Waals surface area contributed by atoms with Crippen LogP contribution in [0, 0.1) is 0 Å². The zero-order valence-electron chi connectivity index (χ0n) is 12.0. The Morgan fingerprint density at radius 1 is 1.29 bits per heavy atom. The third kappa shape index (κ3) is 3.74. The van der Waals surface area contributed by atoms with E-state index in [1.165, 1.54) is 0 Å². The molecule has 2 aromatic carbocycles. The number of benzene rings is 2. The first-order valence-electron chi connectivity index (χ1n) is 6.45. The van der Waals surface area contributed by atoms with Crippen molar-refractivity contribution >= 4 is 38.8 Å². The second-order valence-electron chi connectivity index (χ2n) is 4.69. The molecule has 0 aliphatic heterocycles. The predicted molar refractivity (Wildman–Crippen MR) is 95.1 cm³/mol. The van der Waals surface area contributed by atoms with Gasteiger partial charge in [0.05, 0.1) is 7.11 Å². The highest BCUT2D eigenvalue weighted by Crippen LogP contribution is 2.27. The highest BCUT2D eigenvalue weighted by molar-refractivity contribution is 9.10. The molecule has 2 aromatic rings. The Labute approximate surface area is 138 Å². The van der Waals surface area contributed by atoms with E-state index in [0.29, 0.717) is 11.5 Å². The van der Waals surface area contributed by atoms with Crippen molar-refractivity contribution in [1.29, 1.82) is 0 Å². The van der Waals surface area contributed by atoms with Crippen LogP contribution in [-0.4, -0.2) is 19.1 Å². The first kappa shape index (κ1) is 15.8. The van der Waals surface area contributed by atoms with Crippen LogP contribution in [0.4, 0.5) is 5.69 Å². The predicted octanol–water partition coefficient (Wildman–Crippen LogP) is 3.73. The summed E-state index contributed by atoms with van der Waals surface area (Å²) in [4.78, 5) is 2.50. The number of hydrogen-bond donors (Lipinski definition) is 1. The van der Waals surface area contributed by atoms with Crippen LogP contribution in [0.5, 0.6) is 5.75 Å². The Hall–Kier alpha value is -1.59. The van der Waals surface area contributed by atoms with E-state index in [1.54, 1.807) is 7.11 Å². The fraction of sp³-hybridized carbons (Fsp3) is 0.188. The molecule has 0 aliphatic rings. The number of nitrogens with two attached hydrogens (primary N) is 1. The second-order valence-corrected chi connectivity index (χ2v) is 6.05. The van der Waals surface area contributed by atoms with Gasteiger partial charge in [-0.25, -0.2) is 0 Å². The standard InChI is InChI=1S/C16H17BrN2OS/c1-19(10-11-5-3-4-6-15(11)20-2)14-9-12(17)7-8-13(14)16(18)21/h3-9H,10H2,1-2H3,(H2,18,21). The van der Waals surface area contributed by atoms with Crippen LogP contribution < -0.4 is 15.4 Å². The van der Waals surface area contributed by atoms with Crippen LogP contribution in [-0.2, 0) is 6.54 Å². The van der Waals surface area contributed by atoms with Crippen LogP contribution in [0.3, 0.4) is 0 Å². The summed E-state index contributed by atoms with van der Waals surface area (Å²) >= 11 is 8.63. The van der Waals surface area contributed by atoms with E-state index in [1.807, 2.05) is 49.5 Å². The van der Waals surface area contributed by atoms with Crippen molar-refractivity contribution in [2.45, 2.75) is 6.54 Å². The largest absolute Gasteiger partial charge is 0.496 e. The Morgan fingerprint density at radius 3 is 2.67 bits per heavy atom. The summed E-state index contributed by atoms with van der Waals surface area (Å²) in [5.74, 6) is 0.872. The van der Waals surface area contributed by atoms with Gasteiger partial charge in [0.1, 0.15) is 10.7 Å². The molecule has 21 heavy (non-hydrogen) atoms. The van der Waals surface area contributed by atoms with Crippen LogP contribution in [0.25, 0.3) is 0 Å². The van der Waals surface area contributed by atoms with Crippen LogP contribution in [0.2, 0.25) is 0 Å². The van der Waals surface area contributed by atoms with Gasteiger partial charge in [0, 0.05) is 34.9 Å². The van der Waals surface area contributed by atoms with Crippen LogP contribution in [0.15, 0.2) is 46.9 Å². The minimum absolute atomic E-state index is 0.393. The number of halogens is 1. The summed E-state index contributed by atoms with van der Waals surface area (Å²) in [6.45, 7) is 0.704. The number of hydrogen-bond acceptors (Lipinski definition) is 3. The molecule has 0 heterocycles. The molecule has 0 saturated carbocycles. The number of rotatable bonds is 5. The molecule has 5 heteroatoms. The summed E-state index contributed by atoms with van der Waals surface area (Å²) in [5, 5.41) is 0. The van der Waals surface area contributed by atoms with Gasteiger partial charge in [-0.1, -0.05) is 46.3 Å². The summed E-state index contributed by atoms with van der Waals surface area (Å²) < 4.78 is 6.39. The molecule has 0 fully saturated rings. The zero-order valence-corrected chi connectivity index (χ0v) is 14.4. The molecule has 0 radical (unpaired) electrons. The average molecular weight is 365 g/mol. The molecule has 0 unspecified atom stereocenters. The lowest BCUT2D eigenvalue weighted by Crippen LogP contribution is -2.21. The van der Waals surface area contributed by atoms with E-state index in [9.17, 15) is 0 Å². The third-order valence-electron chi connectivity index (χ3n) is 3.24. The molecule has 0 amide bonds. The SMILES string of the molecule is COc1ccccc1CN(C)c1cc(Br)ccc1C(N)=S. The summed E-state index contributed by atoms with van der Waals surface area (Å²) in [6.07, 6.45) is 0. The van der Waals surface area contributed by atoms with Crippen molar-refractivity contribution in [1.82, 2.24) is 0 Å². The van der Waals surface area contributed by atoms with Gasteiger partial charge in [-0.3, -0.25) is 0 Å². The third-order valence-corrected chi connectivity index (χ3v) is 3.95.